The summed E-state index contributed by atoms with van der Waals surface area (Å²) in [5, 5.41) is 9.32. The van der Waals surface area contributed by atoms with E-state index in [2.05, 4.69) is 25.4 Å². The molecule has 0 atom stereocenters. The van der Waals surface area contributed by atoms with Crippen molar-refractivity contribution in [1.29, 1.82) is 0 Å². The Morgan fingerprint density at radius 1 is 0.939 bits per heavy atom. The molecule has 8 nitrogen and oxygen atoms in total. The van der Waals surface area contributed by atoms with Gasteiger partial charge in [0.25, 0.3) is 11.5 Å². The molecule has 8 heteroatoms. The van der Waals surface area contributed by atoms with E-state index in [0.29, 0.717) is 17.0 Å². The van der Waals surface area contributed by atoms with Gasteiger partial charge in [-0.2, -0.15) is 5.10 Å². The second-order valence-corrected chi connectivity index (χ2v) is 7.80. The smallest absolute Gasteiger partial charge is 0.274 e. The molecule has 0 aliphatic rings. The molecule has 3 N–H and O–H groups in total. The molecule has 0 spiro atoms. The molecule has 0 radical (unpaired) electrons. The van der Waals surface area contributed by atoms with Crippen LogP contribution >= 0.6 is 0 Å². The summed E-state index contributed by atoms with van der Waals surface area (Å²) >= 11 is 0. The number of benzene rings is 3. The highest BCUT2D eigenvalue weighted by Gasteiger charge is 2.15. The zero-order valence-corrected chi connectivity index (χ0v) is 17.4. The molecule has 160 valence electrons. The number of hydrogen-bond acceptors (Lipinski definition) is 4. The quantitative estimate of drug-likeness (QED) is 0.394. The molecule has 0 aliphatic heterocycles. The first-order valence-electron chi connectivity index (χ1n) is 10.5. The summed E-state index contributed by atoms with van der Waals surface area (Å²) in [6.07, 6.45) is 1.72. The number of carbonyl (C=O) groups is 1. The lowest BCUT2D eigenvalue weighted by Gasteiger charge is -2.05. The molecule has 0 bridgehead atoms. The van der Waals surface area contributed by atoms with Crippen molar-refractivity contribution in [2.75, 3.05) is 0 Å². The third kappa shape index (κ3) is 3.43. The van der Waals surface area contributed by atoms with Crippen LogP contribution in [0.5, 0.6) is 0 Å². The van der Waals surface area contributed by atoms with Gasteiger partial charge in [0.05, 0.1) is 29.5 Å². The van der Waals surface area contributed by atoms with Crippen molar-refractivity contribution in [3.63, 3.8) is 0 Å². The van der Waals surface area contributed by atoms with Crippen LogP contribution in [-0.4, -0.2) is 30.5 Å². The largest absolute Gasteiger partial charge is 0.343 e. The number of carbonyl (C=O) groups excluding carboxylic acids is 1. The topological polar surface area (TPSA) is 108 Å². The van der Waals surface area contributed by atoms with Crippen molar-refractivity contribution in [2.24, 2.45) is 0 Å². The van der Waals surface area contributed by atoms with E-state index in [9.17, 15) is 9.59 Å². The normalized spacial score (nSPS) is 11.4. The number of fused-ring (bicyclic) bond motifs is 3. The number of para-hydroxylation sites is 2. The average Bonchev–Trinajstić information content (AvgIpc) is 3.46. The van der Waals surface area contributed by atoms with Gasteiger partial charge in [-0.25, -0.2) is 9.50 Å². The maximum atomic E-state index is 12.7. The Bertz CT molecular complexity index is 1690. The SMILES string of the molecule is O=C(NCc1nc2ccccc2[nH]1)c1cc2c(=O)[nH]c(-c3ccc4ccccc4c3)cn2n1. The number of rotatable bonds is 4. The zero-order chi connectivity index (χ0) is 22.4. The molecule has 3 heterocycles. The first-order valence-corrected chi connectivity index (χ1v) is 10.5. The Hall–Kier alpha value is -4.72. The van der Waals surface area contributed by atoms with Crippen LogP contribution in [0.15, 0.2) is 83.8 Å². The molecule has 0 fully saturated rings. The fraction of sp³-hybridized carbons (Fsp3) is 0.0400. The van der Waals surface area contributed by atoms with Gasteiger partial charge in [0.1, 0.15) is 11.3 Å². The van der Waals surface area contributed by atoms with E-state index in [-0.39, 0.29) is 23.7 Å². The number of aromatic amines is 2. The van der Waals surface area contributed by atoms with E-state index in [1.54, 1.807) is 6.20 Å². The van der Waals surface area contributed by atoms with Crippen LogP contribution in [0.1, 0.15) is 16.3 Å². The summed E-state index contributed by atoms with van der Waals surface area (Å²) in [4.78, 5) is 35.9. The molecule has 0 saturated heterocycles. The first-order chi connectivity index (χ1) is 16.1. The van der Waals surface area contributed by atoms with Gasteiger partial charge in [-0.3, -0.25) is 9.59 Å². The molecule has 3 aromatic heterocycles. The highest BCUT2D eigenvalue weighted by atomic mass is 16.2. The first kappa shape index (κ1) is 19.0. The van der Waals surface area contributed by atoms with Crippen LogP contribution in [0.2, 0.25) is 0 Å². The fourth-order valence-electron chi connectivity index (χ4n) is 3.96. The number of aromatic nitrogens is 5. The number of imidazole rings is 1. The Labute approximate surface area is 186 Å². The number of hydrogen-bond donors (Lipinski definition) is 3. The molecule has 3 aromatic carbocycles. The maximum absolute atomic E-state index is 12.7. The van der Waals surface area contributed by atoms with Crippen LogP contribution in [-0.2, 0) is 6.54 Å². The van der Waals surface area contributed by atoms with Crippen molar-refractivity contribution in [3.8, 4) is 11.3 Å². The van der Waals surface area contributed by atoms with Gasteiger partial charge in [-0.05, 0) is 29.0 Å². The Balaban J connectivity index is 1.28. The monoisotopic (exact) mass is 434 g/mol. The standard InChI is InChI=1S/C25H18N6O2/c32-24(26-13-23-27-18-7-3-4-8-19(18)28-23)20-12-22-25(33)29-21(14-31(22)30-20)17-10-9-15-5-1-2-6-16(15)11-17/h1-12,14H,13H2,(H,26,32)(H,27,28)(H,29,33). The molecule has 0 saturated carbocycles. The number of amides is 1. The minimum Gasteiger partial charge on any atom is -0.343 e. The highest BCUT2D eigenvalue weighted by molar-refractivity contribution is 5.93. The second-order valence-electron chi connectivity index (χ2n) is 7.80. The third-order valence-corrected chi connectivity index (χ3v) is 5.62. The van der Waals surface area contributed by atoms with Crippen molar-refractivity contribution in [3.05, 3.63) is 101 Å². The average molecular weight is 434 g/mol. The predicted octanol–water partition coefficient (Wildman–Crippen LogP) is 3.65. The minimum atomic E-state index is -0.384. The summed E-state index contributed by atoms with van der Waals surface area (Å²) in [6.45, 7) is 0.222. The lowest BCUT2D eigenvalue weighted by atomic mass is 10.1. The summed E-state index contributed by atoms with van der Waals surface area (Å²) in [6, 6.07) is 23.1. The molecule has 0 unspecified atom stereocenters. The van der Waals surface area contributed by atoms with Gasteiger partial charge in [0.15, 0.2) is 5.69 Å². The van der Waals surface area contributed by atoms with Gasteiger partial charge < -0.3 is 15.3 Å². The second kappa shape index (κ2) is 7.45. The van der Waals surface area contributed by atoms with E-state index in [0.717, 1.165) is 27.4 Å². The van der Waals surface area contributed by atoms with Crippen molar-refractivity contribution in [2.45, 2.75) is 6.54 Å². The van der Waals surface area contributed by atoms with Gasteiger partial charge in [0, 0.05) is 11.6 Å². The Morgan fingerprint density at radius 3 is 2.64 bits per heavy atom. The van der Waals surface area contributed by atoms with Crippen LogP contribution in [0.4, 0.5) is 0 Å². The van der Waals surface area contributed by atoms with Crippen molar-refractivity contribution < 1.29 is 4.79 Å². The van der Waals surface area contributed by atoms with Gasteiger partial charge >= 0.3 is 0 Å². The van der Waals surface area contributed by atoms with Gasteiger partial charge in [-0.15, -0.1) is 0 Å². The van der Waals surface area contributed by atoms with Gasteiger partial charge in [0.2, 0.25) is 0 Å². The fourth-order valence-corrected chi connectivity index (χ4v) is 3.96. The molecule has 6 rings (SSSR count). The number of H-pyrrole nitrogens is 2. The molecular formula is C25H18N6O2. The lowest BCUT2D eigenvalue weighted by molar-refractivity contribution is 0.0944. The molecule has 1 amide bonds. The maximum Gasteiger partial charge on any atom is 0.274 e. The van der Waals surface area contributed by atoms with Gasteiger partial charge in [-0.1, -0.05) is 48.5 Å². The van der Waals surface area contributed by atoms with Crippen molar-refractivity contribution in [1.82, 2.24) is 29.9 Å². The summed E-state index contributed by atoms with van der Waals surface area (Å²) in [5.41, 5.74) is 3.37. The highest BCUT2D eigenvalue weighted by Crippen LogP contribution is 2.22. The van der Waals surface area contributed by atoms with Crippen molar-refractivity contribution >= 4 is 33.2 Å². The molecular weight excluding hydrogens is 416 g/mol. The van der Waals surface area contributed by atoms with E-state index >= 15 is 0 Å². The molecule has 0 aliphatic carbocycles. The summed E-state index contributed by atoms with van der Waals surface area (Å²) in [5.74, 6) is 0.260. The van der Waals surface area contributed by atoms with E-state index in [1.165, 1.54) is 10.6 Å². The molecule has 33 heavy (non-hydrogen) atoms. The third-order valence-electron chi connectivity index (χ3n) is 5.62. The summed E-state index contributed by atoms with van der Waals surface area (Å²) in [7, 11) is 0. The van der Waals surface area contributed by atoms with Crippen LogP contribution in [0.3, 0.4) is 0 Å². The molecule has 6 aromatic rings. The van der Waals surface area contributed by atoms with Crippen LogP contribution in [0, 0.1) is 0 Å². The zero-order valence-electron chi connectivity index (χ0n) is 17.4. The Kier molecular flexibility index (Phi) is 4.29. The minimum absolute atomic E-state index is 0.160. The Morgan fingerprint density at radius 2 is 1.76 bits per heavy atom. The predicted molar refractivity (Wildman–Crippen MR) is 126 cm³/mol. The van der Waals surface area contributed by atoms with E-state index in [1.807, 2.05) is 66.7 Å². The number of nitrogens with one attached hydrogen (secondary N) is 3. The van der Waals surface area contributed by atoms with E-state index in [4.69, 9.17) is 0 Å². The lowest BCUT2D eigenvalue weighted by Crippen LogP contribution is -2.23. The number of nitrogens with zero attached hydrogens (tertiary/aromatic N) is 3. The van der Waals surface area contributed by atoms with Crippen LogP contribution in [0.25, 0.3) is 38.6 Å². The van der Waals surface area contributed by atoms with E-state index < -0.39 is 0 Å². The van der Waals surface area contributed by atoms with Crippen LogP contribution < -0.4 is 10.9 Å². The summed E-state index contributed by atoms with van der Waals surface area (Å²) < 4.78 is 1.44.